The van der Waals surface area contributed by atoms with Crippen molar-refractivity contribution >= 4 is 12.6 Å². The average molecular weight is 204 g/mol. The van der Waals surface area contributed by atoms with E-state index in [-0.39, 0.29) is 11.5 Å². The van der Waals surface area contributed by atoms with Gasteiger partial charge in [0.15, 0.2) is 0 Å². The molecule has 0 bridgehead atoms. The lowest BCUT2D eigenvalue weighted by molar-refractivity contribution is -0.200. The molecule has 1 rings (SSSR count). The Kier molecular flexibility index (Phi) is 4.04. The molecule has 0 spiro atoms. The summed E-state index contributed by atoms with van der Waals surface area (Å²) in [7, 11) is 2.08. The van der Waals surface area contributed by atoms with Crippen molar-refractivity contribution in [3.05, 3.63) is 0 Å². The van der Waals surface area contributed by atoms with Gasteiger partial charge in [0.25, 0.3) is 0 Å². The summed E-state index contributed by atoms with van der Waals surface area (Å²) in [6.45, 7) is 8.17. The van der Waals surface area contributed by atoms with Crippen molar-refractivity contribution in [2.75, 3.05) is 20.1 Å². The minimum atomic E-state index is 0.254. The first-order chi connectivity index (χ1) is 6.00. The van der Waals surface area contributed by atoms with E-state index >= 15 is 0 Å². The van der Waals surface area contributed by atoms with Crippen molar-refractivity contribution in [3.63, 3.8) is 0 Å². The number of rotatable bonds is 1. The monoisotopic (exact) mass is 204 g/mol. The molecule has 1 fully saturated rings. The smallest absolute Gasteiger partial charge is 0.0892 e. The maximum Gasteiger partial charge on any atom is 0.0892 e. The van der Waals surface area contributed by atoms with Crippen LogP contribution in [0.3, 0.4) is 0 Å². The second-order valence-electron chi connectivity index (χ2n) is 4.03. The Morgan fingerprint density at radius 3 is 2.54 bits per heavy atom. The maximum atomic E-state index is 5.76. The van der Waals surface area contributed by atoms with E-state index in [1.165, 1.54) is 0 Å². The van der Waals surface area contributed by atoms with Crippen molar-refractivity contribution in [2.45, 2.75) is 38.3 Å². The molecule has 0 aromatic rings. The number of hydrogen-bond donors (Lipinski definition) is 1. The minimum Gasteiger partial charge on any atom is -0.294 e. The van der Waals surface area contributed by atoms with E-state index in [4.69, 9.17) is 4.84 Å². The van der Waals surface area contributed by atoms with E-state index in [0.29, 0.717) is 6.04 Å². The predicted octanol–water partition coefficient (Wildman–Crippen LogP) is 1.22. The molecular formula is C9H20N2OS. The molecule has 13 heavy (non-hydrogen) atoms. The predicted molar refractivity (Wildman–Crippen MR) is 57.8 cm³/mol. The number of hydroxylamine groups is 2. The van der Waals surface area contributed by atoms with Gasteiger partial charge in [0.1, 0.15) is 0 Å². The van der Waals surface area contributed by atoms with Crippen LogP contribution in [0.2, 0.25) is 0 Å². The van der Waals surface area contributed by atoms with E-state index in [1.54, 1.807) is 0 Å². The fourth-order valence-corrected chi connectivity index (χ4v) is 1.72. The Balaban J connectivity index is 2.59. The van der Waals surface area contributed by atoms with Crippen LogP contribution in [0.4, 0.5) is 0 Å². The zero-order valence-corrected chi connectivity index (χ0v) is 9.79. The Morgan fingerprint density at radius 2 is 2.00 bits per heavy atom. The van der Waals surface area contributed by atoms with Crippen LogP contribution in [0.1, 0.15) is 20.8 Å². The van der Waals surface area contributed by atoms with Gasteiger partial charge in [-0.15, -0.1) is 0 Å². The fourth-order valence-electron chi connectivity index (χ4n) is 1.47. The van der Waals surface area contributed by atoms with Gasteiger partial charge < -0.3 is 0 Å². The number of hydrogen-bond acceptors (Lipinski definition) is 4. The van der Waals surface area contributed by atoms with Gasteiger partial charge in [-0.25, -0.2) is 0 Å². The van der Waals surface area contributed by atoms with Crippen LogP contribution in [0.25, 0.3) is 0 Å². The van der Waals surface area contributed by atoms with Gasteiger partial charge in [0.2, 0.25) is 0 Å². The summed E-state index contributed by atoms with van der Waals surface area (Å²) in [4.78, 5) is 7.97. The summed E-state index contributed by atoms with van der Waals surface area (Å²) >= 11 is 4.52. The second kappa shape index (κ2) is 4.64. The summed E-state index contributed by atoms with van der Waals surface area (Å²) < 4.78 is 0. The van der Waals surface area contributed by atoms with E-state index in [2.05, 4.69) is 45.3 Å². The molecular weight excluding hydrogens is 184 g/mol. The van der Waals surface area contributed by atoms with Crippen molar-refractivity contribution in [1.29, 1.82) is 0 Å². The van der Waals surface area contributed by atoms with Gasteiger partial charge in [-0.3, -0.25) is 9.74 Å². The highest BCUT2D eigenvalue weighted by Crippen LogP contribution is 2.15. The standard InChI is InChI=1S/C9H20N2OS/c1-7(2)11-6-9(13)10(4)5-8(3)12-11/h7-9,13H,5-6H2,1-4H3/t8?,9-/m0/s1. The summed E-state index contributed by atoms with van der Waals surface area (Å²) in [5, 5.41) is 2.29. The molecule has 1 heterocycles. The first-order valence-corrected chi connectivity index (χ1v) is 5.34. The Hall–Kier alpha value is 0.230. The van der Waals surface area contributed by atoms with Crippen LogP contribution in [0.5, 0.6) is 0 Å². The van der Waals surface area contributed by atoms with Crippen molar-refractivity contribution in [2.24, 2.45) is 0 Å². The lowest BCUT2D eigenvalue weighted by atomic mass is 10.3. The molecule has 1 aliphatic rings. The maximum absolute atomic E-state index is 5.76. The molecule has 0 amide bonds. The van der Waals surface area contributed by atoms with Crippen LogP contribution in [-0.4, -0.2) is 47.6 Å². The highest BCUT2D eigenvalue weighted by molar-refractivity contribution is 7.80. The third kappa shape index (κ3) is 3.13. The summed E-state index contributed by atoms with van der Waals surface area (Å²) in [6.07, 6.45) is 0.254. The summed E-state index contributed by atoms with van der Waals surface area (Å²) in [6, 6.07) is 0.420. The van der Waals surface area contributed by atoms with E-state index in [9.17, 15) is 0 Å². The highest BCUT2D eigenvalue weighted by atomic mass is 32.1. The van der Waals surface area contributed by atoms with Gasteiger partial charge in [0.05, 0.1) is 11.5 Å². The van der Waals surface area contributed by atoms with E-state index < -0.39 is 0 Å². The molecule has 0 aromatic heterocycles. The van der Waals surface area contributed by atoms with Crippen LogP contribution in [-0.2, 0) is 4.84 Å². The molecule has 4 heteroatoms. The van der Waals surface area contributed by atoms with Crippen LogP contribution < -0.4 is 0 Å². The molecule has 2 atom stereocenters. The van der Waals surface area contributed by atoms with Gasteiger partial charge >= 0.3 is 0 Å². The summed E-state index contributed by atoms with van der Waals surface area (Å²) in [5.74, 6) is 0. The summed E-state index contributed by atoms with van der Waals surface area (Å²) in [5.41, 5.74) is 0. The largest absolute Gasteiger partial charge is 0.294 e. The van der Waals surface area contributed by atoms with Crippen molar-refractivity contribution < 1.29 is 4.84 Å². The minimum absolute atomic E-state index is 0.254. The lowest BCUT2D eigenvalue weighted by Gasteiger charge is -2.26. The topological polar surface area (TPSA) is 15.7 Å². The molecule has 1 saturated heterocycles. The third-order valence-corrected chi connectivity index (χ3v) is 2.85. The molecule has 0 N–H and O–H groups in total. The third-order valence-electron chi connectivity index (χ3n) is 2.29. The molecule has 0 radical (unpaired) electrons. The van der Waals surface area contributed by atoms with Gasteiger partial charge in [-0.1, -0.05) is 0 Å². The van der Waals surface area contributed by atoms with E-state index in [1.807, 2.05) is 5.06 Å². The van der Waals surface area contributed by atoms with Crippen LogP contribution in [0, 0.1) is 0 Å². The molecule has 0 saturated carbocycles. The molecule has 0 aliphatic carbocycles. The average Bonchev–Trinajstić information content (AvgIpc) is 2.12. The Morgan fingerprint density at radius 1 is 1.38 bits per heavy atom. The van der Waals surface area contributed by atoms with Crippen LogP contribution in [0.15, 0.2) is 0 Å². The van der Waals surface area contributed by atoms with Crippen LogP contribution >= 0.6 is 12.6 Å². The van der Waals surface area contributed by atoms with E-state index in [0.717, 1.165) is 13.1 Å². The first kappa shape index (κ1) is 11.3. The highest BCUT2D eigenvalue weighted by Gasteiger charge is 2.25. The number of likely N-dealkylation sites (N-methyl/N-ethyl adjacent to an activating group) is 1. The fraction of sp³-hybridized carbons (Fsp3) is 1.00. The number of thiol groups is 1. The SMILES string of the molecule is CC1CN(C)[C@@H](S)CN(C(C)C)O1. The van der Waals surface area contributed by atoms with Gasteiger partial charge in [-0.05, 0) is 27.8 Å². The molecule has 3 nitrogen and oxygen atoms in total. The lowest BCUT2D eigenvalue weighted by Crippen LogP contribution is -2.37. The molecule has 1 unspecified atom stereocenters. The second-order valence-corrected chi connectivity index (χ2v) is 4.63. The quantitative estimate of drug-likeness (QED) is 0.647. The van der Waals surface area contributed by atoms with Gasteiger partial charge in [0, 0.05) is 19.1 Å². The number of nitrogens with zero attached hydrogens (tertiary/aromatic N) is 2. The Bertz CT molecular complexity index is 166. The van der Waals surface area contributed by atoms with Crippen molar-refractivity contribution in [3.8, 4) is 0 Å². The molecule has 1 aliphatic heterocycles. The first-order valence-electron chi connectivity index (χ1n) is 4.82. The normalized spacial score (nSPS) is 33.7. The van der Waals surface area contributed by atoms with Crippen molar-refractivity contribution in [1.82, 2.24) is 9.96 Å². The zero-order valence-electron chi connectivity index (χ0n) is 8.90. The molecule has 78 valence electrons. The molecule has 0 aromatic carbocycles. The van der Waals surface area contributed by atoms with Gasteiger partial charge in [-0.2, -0.15) is 17.7 Å². The Labute approximate surface area is 86.4 Å². The zero-order chi connectivity index (χ0) is 10.0.